The molecule has 0 saturated heterocycles. The predicted molar refractivity (Wildman–Crippen MR) is 166 cm³/mol. The summed E-state index contributed by atoms with van der Waals surface area (Å²) in [5, 5.41) is 4.68. The normalized spacial score (nSPS) is 19.9. The molecule has 2 N–H and O–H groups in total. The van der Waals surface area contributed by atoms with Crippen LogP contribution in [0.1, 0.15) is 104 Å². The van der Waals surface area contributed by atoms with Crippen LogP contribution in [-0.4, -0.2) is 77.8 Å². The molecule has 1 aromatic carbocycles. The first-order valence-electron chi connectivity index (χ1n) is 15.9. The van der Waals surface area contributed by atoms with Gasteiger partial charge in [-0.3, -0.25) is 19.2 Å². The van der Waals surface area contributed by atoms with Gasteiger partial charge in [0.1, 0.15) is 18.3 Å². The van der Waals surface area contributed by atoms with Gasteiger partial charge in [0.2, 0.25) is 5.91 Å². The van der Waals surface area contributed by atoms with E-state index in [1.807, 2.05) is 41.9 Å². The van der Waals surface area contributed by atoms with Gasteiger partial charge < -0.3 is 32.1 Å². The Morgan fingerprint density at radius 3 is 2.43 bits per heavy atom. The second-order valence-electron chi connectivity index (χ2n) is 14.4. The number of aromatic nitrogens is 2. The summed E-state index contributed by atoms with van der Waals surface area (Å²) in [5.41, 5.74) is 7.66. The number of hydrogen-bond acceptors (Lipinski definition) is 7. The van der Waals surface area contributed by atoms with Crippen LogP contribution in [0.5, 0.6) is 0 Å². The highest BCUT2D eigenvalue weighted by atomic mass is 35.5. The minimum Gasteiger partial charge on any atom is -1.00 e. The number of primary amides is 1. The number of amides is 1. The lowest BCUT2D eigenvalue weighted by atomic mass is 9.75. The quantitative estimate of drug-likeness (QED) is 0.285. The molecule has 1 amide bonds. The fourth-order valence-electron chi connectivity index (χ4n) is 6.89. The van der Waals surface area contributed by atoms with Gasteiger partial charge in [0, 0.05) is 30.4 Å². The van der Waals surface area contributed by atoms with Crippen LogP contribution < -0.4 is 18.1 Å². The van der Waals surface area contributed by atoms with Gasteiger partial charge in [-0.15, -0.1) is 0 Å². The van der Waals surface area contributed by atoms with E-state index in [9.17, 15) is 19.2 Å². The van der Waals surface area contributed by atoms with E-state index in [1.54, 1.807) is 0 Å². The van der Waals surface area contributed by atoms with Crippen molar-refractivity contribution in [2.24, 2.45) is 17.1 Å². The maximum atomic E-state index is 16.6. The number of nitrogens with zero attached hydrogens (tertiary/aromatic N) is 3. The SMILES string of the molecule is CCc1nn(-c2ccc(C(N)=O)c(CC3CCCCC3OC(=O)CC(C[N+](C)(C)C)OC(C)=O)c2F)c2c1C(=O)CC(C)(C)C2.[Cl-]. The van der Waals surface area contributed by atoms with E-state index in [0.29, 0.717) is 60.1 Å². The van der Waals surface area contributed by atoms with Crippen LogP contribution in [0, 0.1) is 17.2 Å². The maximum Gasteiger partial charge on any atom is 0.310 e. The Morgan fingerprint density at radius 1 is 1.15 bits per heavy atom. The van der Waals surface area contributed by atoms with Crippen LogP contribution in [0.3, 0.4) is 0 Å². The van der Waals surface area contributed by atoms with E-state index < -0.39 is 35.9 Å². The molecule has 2 aliphatic rings. The molecular formula is C34H48ClFN4O6. The predicted octanol–water partition coefficient (Wildman–Crippen LogP) is 1.50. The maximum absolute atomic E-state index is 16.6. The lowest BCUT2D eigenvalue weighted by Crippen LogP contribution is -3.00. The number of esters is 2. The highest BCUT2D eigenvalue weighted by Crippen LogP contribution is 2.39. The Labute approximate surface area is 277 Å². The zero-order valence-electron chi connectivity index (χ0n) is 28.1. The molecule has 0 radical (unpaired) electrons. The number of fused-ring (bicyclic) bond motifs is 1. The van der Waals surface area contributed by atoms with Crippen LogP contribution >= 0.6 is 0 Å². The van der Waals surface area contributed by atoms with Gasteiger partial charge in [-0.1, -0.05) is 27.2 Å². The van der Waals surface area contributed by atoms with Crippen molar-refractivity contribution < 1.29 is 49.9 Å². The Hall–Kier alpha value is -3.31. The molecule has 3 unspecified atom stereocenters. The zero-order valence-corrected chi connectivity index (χ0v) is 28.8. The molecule has 1 aromatic heterocycles. The van der Waals surface area contributed by atoms with Crippen molar-refractivity contribution in [2.75, 3.05) is 27.7 Å². The van der Waals surface area contributed by atoms with Crippen molar-refractivity contribution in [1.82, 2.24) is 9.78 Å². The van der Waals surface area contributed by atoms with Gasteiger partial charge in [-0.05, 0) is 56.1 Å². The van der Waals surface area contributed by atoms with Gasteiger partial charge in [-0.2, -0.15) is 5.10 Å². The summed E-state index contributed by atoms with van der Waals surface area (Å²) in [6.45, 7) is 7.68. The highest BCUT2D eigenvalue weighted by molar-refractivity contribution is 6.00. The van der Waals surface area contributed by atoms with Gasteiger partial charge in [0.15, 0.2) is 17.7 Å². The van der Waals surface area contributed by atoms with Crippen molar-refractivity contribution in [3.05, 3.63) is 46.0 Å². The Bertz CT molecular complexity index is 1480. The Kier molecular flexibility index (Phi) is 11.8. The molecular weight excluding hydrogens is 615 g/mol. The molecule has 1 heterocycles. The average molecular weight is 663 g/mol. The first kappa shape index (κ1) is 37.2. The molecule has 0 bridgehead atoms. The molecule has 2 aliphatic carbocycles. The number of likely N-dealkylation sites (N-methyl/N-ethyl adjacent to an activating group) is 1. The fraction of sp³-hybridized carbons (Fsp3) is 0.618. The number of ketones is 1. The van der Waals surface area contributed by atoms with Crippen LogP contribution in [0.4, 0.5) is 4.39 Å². The summed E-state index contributed by atoms with van der Waals surface area (Å²) >= 11 is 0. The Balaban J connectivity index is 0.00000576. The van der Waals surface area contributed by atoms with Crippen molar-refractivity contribution >= 4 is 23.6 Å². The topological polar surface area (TPSA) is 131 Å². The van der Waals surface area contributed by atoms with Crippen molar-refractivity contribution in [1.29, 1.82) is 0 Å². The summed E-state index contributed by atoms with van der Waals surface area (Å²) < 4.78 is 30.0. The lowest BCUT2D eigenvalue weighted by Gasteiger charge is -2.33. The molecule has 12 heteroatoms. The van der Waals surface area contributed by atoms with E-state index >= 15 is 4.39 Å². The van der Waals surface area contributed by atoms with Crippen molar-refractivity contribution in [2.45, 2.75) is 97.7 Å². The first-order chi connectivity index (χ1) is 21.0. The van der Waals surface area contributed by atoms with Crippen molar-refractivity contribution in [3.63, 3.8) is 0 Å². The number of nitrogens with two attached hydrogens (primary N) is 1. The molecule has 254 valence electrons. The summed E-state index contributed by atoms with van der Waals surface area (Å²) in [5.74, 6) is -2.58. The van der Waals surface area contributed by atoms with E-state index in [4.69, 9.17) is 15.2 Å². The molecule has 3 atom stereocenters. The van der Waals surface area contributed by atoms with Gasteiger partial charge >= 0.3 is 11.9 Å². The number of carbonyl (C=O) groups is 4. The number of aryl methyl sites for hydroxylation is 1. The van der Waals surface area contributed by atoms with E-state index in [-0.39, 0.29) is 59.2 Å². The smallest absolute Gasteiger partial charge is 0.310 e. The average Bonchev–Trinajstić information content (AvgIpc) is 3.26. The lowest BCUT2D eigenvalue weighted by molar-refractivity contribution is -0.873. The monoisotopic (exact) mass is 662 g/mol. The standard InChI is InChI=1S/C34H47FN4O6.ClH/c1-8-25-31-27(17-34(3,4)18-28(31)41)38(37-25)26-14-13-23(33(36)43)24(32(26)35)15-21-11-9-10-12-29(21)45-30(42)16-22(44-20(2)40)19-39(5,6)7;/h13-14,21-22,29H,8-12,15-19H2,1-7H3,(H-,36,43);1H. The number of carbonyl (C=O) groups excluding carboxylic acids is 4. The minimum absolute atomic E-state index is 0. The minimum atomic E-state index is -0.752. The number of halogens is 2. The molecule has 1 fully saturated rings. The third-order valence-corrected chi connectivity index (χ3v) is 8.74. The van der Waals surface area contributed by atoms with Crippen LogP contribution in [0.25, 0.3) is 5.69 Å². The second-order valence-corrected chi connectivity index (χ2v) is 14.4. The van der Waals surface area contributed by atoms with Crippen LogP contribution in [-0.2, 0) is 38.3 Å². The summed E-state index contributed by atoms with van der Waals surface area (Å²) in [6, 6.07) is 3.02. The Morgan fingerprint density at radius 2 is 1.83 bits per heavy atom. The highest BCUT2D eigenvalue weighted by Gasteiger charge is 2.38. The van der Waals surface area contributed by atoms with Crippen molar-refractivity contribution in [3.8, 4) is 5.69 Å². The zero-order chi connectivity index (χ0) is 33.3. The number of quaternary nitrogens is 1. The third-order valence-electron chi connectivity index (χ3n) is 8.74. The molecule has 0 spiro atoms. The largest absolute Gasteiger partial charge is 1.00 e. The van der Waals surface area contributed by atoms with Gasteiger partial charge in [0.05, 0.1) is 44.5 Å². The summed E-state index contributed by atoms with van der Waals surface area (Å²) in [4.78, 5) is 50.4. The third kappa shape index (κ3) is 8.73. The van der Waals surface area contributed by atoms with Gasteiger partial charge in [0.25, 0.3) is 0 Å². The number of benzene rings is 1. The summed E-state index contributed by atoms with van der Waals surface area (Å²) in [6.07, 6.45) is 3.36. The number of Topliss-reactive ketones (excluding diaryl/α,β-unsaturated/α-hetero) is 1. The molecule has 1 saturated carbocycles. The second kappa shape index (κ2) is 14.6. The first-order valence-corrected chi connectivity index (χ1v) is 15.9. The molecule has 46 heavy (non-hydrogen) atoms. The molecule has 2 aromatic rings. The van der Waals surface area contributed by atoms with E-state index in [2.05, 4.69) is 5.10 Å². The number of rotatable bonds is 11. The molecule has 4 rings (SSSR count). The van der Waals surface area contributed by atoms with E-state index in [1.165, 1.54) is 23.7 Å². The molecule has 0 aliphatic heterocycles. The summed E-state index contributed by atoms with van der Waals surface area (Å²) in [7, 11) is 5.83. The fourth-order valence-corrected chi connectivity index (χ4v) is 6.89. The van der Waals surface area contributed by atoms with Crippen LogP contribution in [0.2, 0.25) is 0 Å². The van der Waals surface area contributed by atoms with Crippen LogP contribution in [0.15, 0.2) is 12.1 Å². The number of hydrogen-bond donors (Lipinski definition) is 1. The number of ether oxygens (including phenoxy) is 2. The van der Waals surface area contributed by atoms with E-state index in [0.717, 1.165) is 12.8 Å². The molecule has 10 nitrogen and oxygen atoms in total. The van der Waals surface area contributed by atoms with Gasteiger partial charge in [-0.25, -0.2) is 9.07 Å².